The summed E-state index contributed by atoms with van der Waals surface area (Å²) in [7, 11) is 1.68. The Balaban J connectivity index is 0.000000481. The second kappa shape index (κ2) is 12.4. The van der Waals surface area contributed by atoms with Gasteiger partial charge in [0.2, 0.25) is 11.8 Å². The predicted molar refractivity (Wildman–Crippen MR) is 138 cm³/mol. The van der Waals surface area contributed by atoms with Gasteiger partial charge < -0.3 is 20.3 Å². The number of piperidine rings is 1. The van der Waals surface area contributed by atoms with Crippen LogP contribution in [-0.2, 0) is 22.6 Å². The molecule has 2 aliphatic rings. The van der Waals surface area contributed by atoms with E-state index in [2.05, 4.69) is 39.4 Å². The van der Waals surface area contributed by atoms with Crippen LogP contribution < -0.4 is 10.5 Å². The highest BCUT2D eigenvalue weighted by Gasteiger charge is 2.47. The molecule has 2 fully saturated rings. The number of carbonyl (C=O) groups excluding carboxylic acids is 2. The molecular formula is C27H39N3O3S. The Labute approximate surface area is 208 Å². The van der Waals surface area contributed by atoms with E-state index in [0.717, 1.165) is 57.7 Å². The van der Waals surface area contributed by atoms with Crippen molar-refractivity contribution < 1.29 is 14.3 Å². The van der Waals surface area contributed by atoms with E-state index in [1.807, 2.05) is 23.5 Å². The van der Waals surface area contributed by atoms with Crippen LogP contribution in [0.1, 0.15) is 50.0 Å². The lowest BCUT2D eigenvalue weighted by atomic mass is 9.77. The number of thiophene rings is 1. The molecule has 3 heterocycles. The fourth-order valence-electron chi connectivity index (χ4n) is 4.60. The summed E-state index contributed by atoms with van der Waals surface area (Å²) < 4.78 is 5.22. The summed E-state index contributed by atoms with van der Waals surface area (Å²) in [4.78, 5) is 29.2. The predicted octanol–water partition coefficient (Wildman–Crippen LogP) is 4.33. The van der Waals surface area contributed by atoms with Gasteiger partial charge in [0.05, 0.1) is 12.5 Å². The molecule has 0 saturated carbocycles. The summed E-state index contributed by atoms with van der Waals surface area (Å²) in [5.74, 6) is 0.987. The maximum absolute atomic E-state index is 13.2. The van der Waals surface area contributed by atoms with Gasteiger partial charge in [-0.15, -0.1) is 11.3 Å². The van der Waals surface area contributed by atoms with E-state index in [4.69, 9.17) is 10.5 Å². The lowest BCUT2D eigenvalue weighted by Crippen LogP contribution is -2.44. The third kappa shape index (κ3) is 7.06. The first kappa shape index (κ1) is 26.2. The van der Waals surface area contributed by atoms with Crippen molar-refractivity contribution >= 4 is 23.2 Å². The molecule has 2 aromatic rings. The standard InChI is InChI=1S/C23H30N2O2S.C4H9NO/c1-27-20-8-6-19(7-9-20)18-25-16-12-23(22(25)26)10-14-24(15-11-23)13-2-4-21-5-3-17-28-21;1-3(2)4(5)6/h3,5-9,17H,2,4,10-16,18H2,1H3;3H,1-2H3,(H2,5,6). The summed E-state index contributed by atoms with van der Waals surface area (Å²) >= 11 is 1.85. The summed E-state index contributed by atoms with van der Waals surface area (Å²) in [6.45, 7) is 8.42. The molecule has 1 aromatic carbocycles. The van der Waals surface area contributed by atoms with E-state index >= 15 is 0 Å². The molecule has 34 heavy (non-hydrogen) atoms. The monoisotopic (exact) mass is 485 g/mol. The zero-order valence-electron chi connectivity index (χ0n) is 20.8. The number of aryl methyl sites for hydroxylation is 1. The molecule has 0 radical (unpaired) electrons. The molecule has 2 saturated heterocycles. The molecule has 186 valence electrons. The van der Waals surface area contributed by atoms with Crippen molar-refractivity contribution in [3.8, 4) is 5.75 Å². The number of benzene rings is 1. The number of ether oxygens (including phenoxy) is 1. The van der Waals surface area contributed by atoms with Crippen molar-refractivity contribution in [3.63, 3.8) is 0 Å². The van der Waals surface area contributed by atoms with Crippen LogP contribution in [0.25, 0.3) is 0 Å². The summed E-state index contributed by atoms with van der Waals surface area (Å²) in [6.07, 6.45) is 5.44. The second-order valence-electron chi connectivity index (χ2n) is 9.69. The molecule has 2 aliphatic heterocycles. The number of nitrogens with two attached hydrogens (primary N) is 1. The molecule has 2 N–H and O–H groups in total. The quantitative estimate of drug-likeness (QED) is 0.604. The van der Waals surface area contributed by atoms with Gasteiger partial charge in [-0.25, -0.2) is 0 Å². The Kier molecular flexibility index (Phi) is 9.54. The number of primary amides is 1. The van der Waals surface area contributed by atoms with Crippen molar-refractivity contribution in [3.05, 3.63) is 52.2 Å². The largest absolute Gasteiger partial charge is 0.497 e. The lowest BCUT2D eigenvalue weighted by Gasteiger charge is -2.38. The van der Waals surface area contributed by atoms with Crippen LogP contribution >= 0.6 is 11.3 Å². The van der Waals surface area contributed by atoms with Crippen LogP contribution in [-0.4, -0.2) is 54.9 Å². The fourth-order valence-corrected chi connectivity index (χ4v) is 5.35. The Hall–Kier alpha value is -2.38. The van der Waals surface area contributed by atoms with Gasteiger partial charge >= 0.3 is 0 Å². The number of rotatable bonds is 8. The molecule has 0 aliphatic carbocycles. The maximum atomic E-state index is 13.2. The van der Waals surface area contributed by atoms with Crippen molar-refractivity contribution in [1.29, 1.82) is 0 Å². The average Bonchev–Trinajstić information content (AvgIpc) is 3.46. The molecule has 7 heteroatoms. The van der Waals surface area contributed by atoms with Crippen molar-refractivity contribution in [2.24, 2.45) is 17.1 Å². The summed E-state index contributed by atoms with van der Waals surface area (Å²) in [5, 5.41) is 2.16. The minimum absolute atomic E-state index is 0.00926. The zero-order chi connectivity index (χ0) is 24.6. The number of likely N-dealkylation sites (tertiary alicyclic amines) is 2. The van der Waals surface area contributed by atoms with Gasteiger partial charge in [0.25, 0.3) is 0 Å². The Bertz CT molecular complexity index is 904. The molecule has 0 bridgehead atoms. The number of amides is 2. The van der Waals surface area contributed by atoms with Crippen molar-refractivity contribution in [2.45, 2.75) is 52.5 Å². The summed E-state index contributed by atoms with van der Waals surface area (Å²) in [6, 6.07) is 12.4. The van der Waals surface area contributed by atoms with Gasteiger partial charge in [-0.05, 0) is 80.9 Å². The molecular weight excluding hydrogens is 446 g/mol. The van der Waals surface area contributed by atoms with Crippen LogP contribution in [0.4, 0.5) is 0 Å². The summed E-state index contributed by atoms with van der Waals surface area (Å²) in [5.41, 5.74) is 5.87. The first-order chi connectivity index (χ1) is 16.3. The highest BCUT2D eigenvalue weighted by molar-refractivity contribution is 7.09. The maximum Gasteiger partial charge on any atom is 0.229 e. The molecule has 6 nitrogen and oxygen atoms in total. The molecule has 2 amide bonds. The molecule has 4 rings (SSSR count). The van der Waals surface area contributed by atoms with Crippen LogP contribution in [0.5, 0.6) is 5.75 Å². The SMILES string of the molecule is CC(C)C(N)=O.COc1ccc(CN2CCC3(CCN(CCCc4cccs4)CC3)C2=O)cc1. The zero-order valence-corrected chi connectivity index (χ0v) is 21.6. The van der Waals surface area contributed by atoms with Gasteiger partial charge in [0.1, 0.15) is 5.75 Å². The Morgan fingerprint density at radius 3 is 2.32 bits per heavy atom. The highest BCUT2D eigenvalue weighted by Crippen LogP contribution is 2.42. The van der Waals surface area contributed by atoms with Crippen molar-refractivity contribution in [2.75, 3.05) is 33.3 Å². The van der Waals surface area contributed by atoms with Crippen molar-refractivity contribution in [1.82, 2.24) is 9.80 Å². The Morgan fingerprint density at radius 1 is 1.12 bits per heavy atom. The van der Waals surface area contributed by atoms with Crippen LogP contribution in [0, 0.1) is 11.3 Å². The fraction of sp³-hybridized carbons (Fsp3) is 0.556. The first-order valence-corrected chi connectivity index (χ1v) is 13.2. The number of nitrogens with zero attached hydrogens (tertiary/aromatic N) is 2. The Morgan fingerprint density at radius 2 is 1.76 bits per heavy atom. The smallest absolute Gasteiger partial charge is 0.229 e. The normalized spacial score (nSPS) is 17.6. The second-order valence-corrected chi connectivity index (χ2v) is 10.7. The van der Waals surface area contributed by atoms with E-state index in [1.165, 1.54) is 23.3 Å². The molecule has 0 unspecified atom stereocenters. The topological polar surface area (TPSA) is 75.9 Å². The molecule has 0 atom stereocenters. The number of carbonyl (C=O) groups is 2. The average molecular weight is 486 g/mol. The van der Waals surface area contributed by atoms with E-state index in [1.54, 1.807) is 21.0 Å². The number of methoxy groups -OCH3 is 1. The van der Waals surface area contributed by atoms with Gasteiger partial charge in [0.15, 0.2) is 0 Å². The third-order valence-electron chi connectivity index (χ3n) is 6.99. The number of hydrogen-bond donors (Lipinski definition) is 1. The first-order valence-electron chi connectivity index (χ1n) is 12.3. The minimum Gasteiger partial charge on any atom is -0.497 e. The molecule has 1 aromatic heterocycles. The molecule has 1 spiro atoms. The van der Waals surface area contributed by atoms with E-state index in [9.17, 15) is 9.59 Å². The van der Waals surface area contributed by atoms with Gasteiger partial charge in [-0.2, -0.15) is 0 Å². The van der Waals surface area contributed by atoms with Gasteiger partial charge in [0, 0.05) is 23.9 Å². The third-order valence-corrected chi connectivity index (χ3v) is 7.93. The van der Waals surface area contributed by atoms with Gasteiger partial charge in [-0.3, -0.25) is 9.59 Å². The van der Waals surface area contributed by atoms with E-state index in [-0.39, 0.29) is 17.2 Å². The van der Waals surface area contributed by atoms with Crippen LogP contribution in [0.3, 0.4) is 0 Å². The van der Waals surface area contributed by atoms with Crippen LogP contribution in [0.2, 0.25) is 0 Å². The van der Waals surface area contributed by atoms with Gasteiger partial charge in [-0.1, -0.05) is 32.0 Å². The minimum atomic E-state index is -0.241. The van der Waals surface area contributed by atoms with Crippen LogP contribution in [0.15, 0.2) is 41.8 Å². The lowest BCUT2D eigenvalue weighted by molar-refractivity contribution is -0.138. The number of hydrogen-bond acceptors (Lipinski definition) is 5. The highest BCUT2D eigenvalue weighted by atomic mass is 32.1. The van der Waals surface area contributed by atoms with E-state index < -0.39 is 0 Å². The van der Waals surface area contributed by atoms with E-state index in [0.29, 0.717) is 5.91 Å².